The number of likely N-dealkylation sites (tertiary alicyclic amines) is 1. The number of Topliss-reactive ketones (excluding diaryl/α,β-unsaturated/α-hetero) is 1. The number of nitrogens with zero attached hydrogens (tertiary/aromatic N) is 1. The van der Waals surface area contributed by atoms with Gasteiger partial charge in [-0.05, 0) is 67.9 Å². The molecule has 1 saturated heterocycles. The van der Waals surface area contributed by atoms with E-state index in [1.165, 1.54) is 12.1 Å². The highest BCUT2D eigenvalue weighted by atomic mass is 79.9. The van der Waals surface area contributed by atoms with Gasteiger partial charge in [-0.25, -0.2) is 0 Å². The summed E-state index contributed by atoms with van der Waals surface area (Å²) in [6.45, 7) is 1.27. The number of halogens is 1. The van der Waals surface area contributed by atoms with Crippen LogP contribution in [0.4, 0.5) is 0 Å². The average Bonchev–Trinajstić information content (AvgIpc) is 2.64. The molecule has 0 spiro atoms. The smallest absolute Gasteiger partial charge is 0.239 e. The number of hydrogen-bond acceptors (Lipinski definition) is 4. The summed E-state index contributed by atoms with van der Waals surface area (Å²) in [5.74, 6) is -0.219. The molecular formula is C20H21BrN2O3. The topological polar surface area (TPSA) is 83.6 Å². The third-order valence-electron chi connectivity index (χ3n) is 4.87. The number of hydrogen-bond donors (Lipinski definition) is 2. The molecule has 6 heteroatoms. The quantitative estimate of drug-likeness (QED) is 0.732. The predicted octanol–water partition coefficient (Wildman–Crippen LogP) is 3.28. The Kier molecular flexibility index (Phi) is 5.74. The van der Waals surface area contributed by atoms with Crippen LogP contribution in [0.5, 0.6) is 5.75 Å². The minimum atomic E-state index is -0.479. The van der Waals surface area contributed by atoms with Crippen LogP contribution >= 0.6 is 15.9 Å². The number of phenolic OH excluding ortho intramolecular Hbond substituents is 1. The lowest BCUT2D eigenvalue weighted by Crippen LogP contribution is -2.43. The molecule has 1 amide bonds. The molecule has 1 aliphatic rings. The van der Waals surface area contributed by atoms with Crippen LogP contribution in [0, 0.1) is 5.92 Å². The molecule has 5 nitrogen and oxygen atoms in total. The Labute approximate surface area is 160 Å². The van der Waals surface area contributed by atoms with E-state index in [9.17, 15) is 14.7 Å². The molecule has 2 aromatic rings. The molecule has 1 atom stereocenters. The van der Waals surface area contributed by atoms with E-state index >= 15 is 0 Å². The molecule has 26 heavy (non-hydrogen) atoms. The van der Waals surface area contributed by atoms with Crippen LogP contribution < -0.4 is 5.73 Å². The lowest BCUT2D eigenvalue weighted by Gasteiger charge is -2.36. The van der Waals surface area contributed by atoms with Crippen molar-refractivity contribution in [1.82, 2.24) is 4.90 Å². The van der Waals surface area contributed by atoms with E-state index in [0.717, 1.165) is 10.0 Å². The molecular weight excluding hydrogens is 396 g/mol. The first-order valence-corrected chi connectivity index (χ1v) is 9.37. The zero-order valence-electron chi connectivity index (χ0n) is 14.3. The summed E-state index contributed by atoms with van der Waals surface area (Å²) < 4.78 is 0.947. The Morgan fingerprint density at radius 2 is 1.62 bits per heavy atom. The van der Waals surface area contributed by atoms with Crippen molar-refractivity contribution in [2.45, 2.75) is 18.9 Å². The number of phenols is 1. The summed E-state index contributed by atoms with van der Waals surface area (Å²) in [4.78, 5) is 26.7. The van der Waals surface area contributed by atoms with E-state index < -0.39 is 6.04 Å². The molecule has 0 aromatic heterocycles. The van der Waals surface area contributed by atoms with Crippen LogP contribution in [0.3, 0.4) is 0 Å². The summed E-state index contributed by atoms with van der Waals surface area (Å²) in [5.41, 5.74) is 7.13. The van der Waals surface area contributed by atoms with Crippen molar-refractivity contribution < 1.29 is 14.7 Å². The summed E-state index contributed by atoms with van der Waals surface area (Å²) >= 11 is 3.40. The summed E-state index contributed by atoms with van der Waals surface area (Å²) in [5, 5.41) is 9.36. The maximum absolute atomic E-state index is 12.6. The number of amides is 1. The van der Waals surface area contributed by atoms with Crippen molar-refractivity contribution in [3.05, 3.63) is 64.1 Å². The Bertz CT molecular complexity index is 782. The Balaban J connectivity index is 1.68. The molecule has 1 fully saturated rings. The highest BCUT2D eigenvalue weighted by Crippen LogP contribution is 2.29. The summed E-state index contributed by atoms with van der Waals surface area (Å²) in [7, 11) is 0. The van der Waals surface area contributed by atoms with Crippen LogP contribution in [-0.2, 0) is 4.79 Å². The maximum atomic E-state index is 12.6. The zero-order chi connectivity index (χ0) is 18.7. The number of nitrogens with two attached hydrogens (primary N) is 1. The number of primary amides is 1. The Morgan fingerprint density at radius 3 is 2.15 bits per heavy atom. The largest absolute Gasteiger partial charge is 0.508 e. The highest BCUT2D eigenvalue weighted by molar-refractivity contribution is 9.10. The fourth-order valence-corrected chi connectivity index (χ4v) is 3.75. The average molecular weight is 417 g/mol. The van der Waals surface area contributed by atoms with Gasteiger partial charge in [-0.15, -0.1) is 0 Å². The first-order valence-electron chi connectivity index (χ1n) is 8.58. The molecule has 1 aliphatic heterocycles. The first kappa shape index (κ1) is 18.6. The number of aromatic hydroxyl groups is 1. The number of ketones is 1. The standard InChI is InChI=1S/C20H21BrN2O3/c21-16-5-1-13(2-6-16)18(20(22)26)23-11-9-15(10-12-23)19(25)14-3-7-17(24)8-4-14/h1-8,15,18,24H,9-12H2,(H2,22,26). The normalized spacial score (nSPS) is 17.0. The van der Waals surface area contributed by atoms with Crippen LogP contribution in [0.25, 0.3) is 0 Å². The van der Waals surface area contributed by atoms with Crippen molar-refractivity contribution in [2.24, 2.45) is 11.7 Å². The summed E-state index contributed by atoms with van der Waals surface area (Å²) in [6.07, 6.45) is 1.36. The molecule has 1 heterocycles. The Hall–Kier alpha value is -2.18. The van der Waals surface area contributed by atoms with Gasteiger partial charge in [0.2, 0.25) is 5.91 Å². The van der Waals surface area contributed by atoms with Crippen LogP contribution in [0.15, 0.2) is 53.0 Å². The fraction of sp³-hybridized carbons (Fsp3) is 0.300. The van der Waals surface area contributed by atoms with Crippen LogP contribution in [0.2, 0.25) is 0 Å². The van der Waals surface area contributed by atoms with Gasteiger partial charge in [0.05, 0.1) is 0 Å². The van der Waals surface area contributed by atoms with E-state index in [1.54, 1.807) is 12.1 Å². The number of rotatable bonds is 5. The number of benzene rings is 2. The third kappa shape index (κ3) is 4.14. The highest BCUT2D eigenvalue weighted by Gasteiger charge is 2.32. The zero-order valence-corrected chi connectivity index (χ0v) is 15.9. The van der Waals surface area contributed by atoms with E-state index in [4.69, 9.17) is 5.73 Å². The lowest BCUT2D eigenvalue weighted by atomic mass is 9.87. The molecule has 0 bridgehead atoms. The molecule has 0 saturated carbocycles. The first-order chi connectivity index (χ1) is 12.5. The van der Waals surface area contributed by atoms with Crippen LogP contribution in [-0.4, -0.2) is 34.8 Å². The Morgan fingerprint density at radius 1 is 1.04 bits per heavy atom. The van der Waals surface area contributed by atoms with Gasteiger partial charge in [-0.2, -0.15) is 0 Å². The molecule has 136 valence electrons. The molecule has 0 radical (unpaired) electrons. The minimum absolute atomic E-state index is 0.0748. The van der Waals surface area contributed by atoms with Gasteiger partial charge in [0.25, 0.3) is 0 Å². The third-order valence-corrected chi connectivity index (χ3v) is 5.40. The lowest BCUT2D eigenvalue weighted by molar-refractivity contribution is -0.124. The van der Waals surface area contributed by atoms with Gasteiger partial charge in [0.1, 0.15) is 11.8 Å². The van der Waals surface area contributed by atoms with Crippen molar-refractivity contribution >= 4 is 27.6 Å². The van der Waals surface area contributed by atoms with E-state index in [-0.39, 0.29) is 23.4 Å². The second-order valence-corrected chi connectivity index (χ2v) is 7.49. The molecule has 0 aliphatic carbocycles. The van der Waals surface area contributed by atoms with E-state index in [2.05, 4.69) is 15.9 Å². The monoisotopic (exact) mass is 416 g/mol. The second kappa shape index (κ2) is 8.01. The van der Waals surface area contributed by atoms with Crippen molar-refractivity contribution in [2.75, 3.05) is 13.1 Å². The molecule has 1 unspecified atom stereocenters. The summed E-state index contributed by atoms with van der Waals surface area (Å²) in [6, 6.07) is 13.5. The van der Waals surface area contributed by atoms with Gasteiger partial charge >= 0.3 is 0 Å². The van der Waals surface area contributed by atoms with E-state index in [0.29, 0.717) is 31.5 Å². The van der Waals surface area contributed by atoms with Crippen molar-refractivity contribution in [1.29, 1.82) is 0 Å². The van der Waals surface area contributed by atoms with Gasteiger partial charge in [0, 0.05) is 16.0 Å². The van der Waals surface area contributed by atoms with Crippen molar-refractivity contribution in [3.63, 3.8) is 0 Å². The molecule has 3 N–H and O–H groups in total. The van der Waals surface area contributed by atoms with E-state index in [1.807, 2.05) is 29.2 Å². The van der Waals surface area contributed by atoms with Gasteiger partial charge in [-0.3, -0.25) is 14.5 Å². The fourth-order valence-electron chi connectivity index (χ4n) is 3.48. The van der Waals surface area contributed by atoms with Gasteiger partial charge in [0.15, 0.2) is 5.78 Å². The molecule has 3 rings (SSSR count). The maximum Gasteiger partial charge on any atom is 0.239 e. The predicted molar refractivity (Wildman–Crippen MR) is 103 cm³/mol. The SMILES string of the molecule is NC(=O)C(c1ccc(Br)cc1)N1CCC(C(=O)c2ccc(O)cc2)CC1. The number of piperidine rings is 1. The number of carbonyl (C=O) groups excluding carboxylic acids is 2. The van der Waals surface area contributed by atoms with Crippen molar-refractivity contribution in [3.8, 4) is 5.75 Å². The second-order valence-electron chi connectivity index (χ2n) is 6.58. The van der Waals surface area contributed by atoms with Gasteiger partial charge < -0.3 is 10.8 Å². The van der Waals surface area contributed by atoms with Crippen LogP contribution in [0.1, 0.15) is 34.8 Å². The molecule has 2 aromatic carbocycles. The van der Waals surface area contributed by atoms with Gasteiger partial charge in [-0.1, -0.05) is 28.1 Å². The minimum Gasteiger partial charge on any atom is -0.508 e. The number of carbonyl (C=O) groups is 2.